The van der Waals surface area contributed by atoms with Crippen LogP contribution in [-0.4, -0.2) is 46.4 Å². The smallest absolute Gasteiger partial charge is 0.250 e. The second-order valence-electron chi connectivity index (χ2n) is 4.60. The Labute approximate surface area is 112 Å². The summed E-state index contributed by atoms with van der Waals surface area (Å²) in [6.45, 7) is 4.88. The van der Waals surface area contributed by atoms with Crippen molar-refractivity contribution in [3.63, 3.8) is 0 Å². The predicted octanol–water partition coefficient (Wildman–Crippen LogP) is -0.883. The number of hydrogen-bond acceptors (Lipinski definition) is 4. The van der Waals surface area contributed by atoms with Gasteiger partial charge >= 0.3 is 0 Å². The van der Waals surface area contributed by atoms with Gasteiger partial charge in [0.25, 0.3) is 0 Å². The fourth-order valence-electron chi connectivity index (χ4n) is 1.79. The average molecular weight is 273 g/mol. The van der Waals surface area contributed by atoms with Gasteiger partial charge in [-0.25, -0.2) is 0 Å². The third kappa shape index (κ3) is 5.69. The van der Waals surface area contributed by atoms with E-state index in [0.29, 0.717) is 13.1 Å². The maximum Gasteiger partial charge on any atom is 0.250 e. The molecule has 1 unspecified atom stereocenters. The van der Waals surface area contributed by atoms with Gasteiger partial charge in [-0.05, 0) is 12.8 Å². The number of carbonyl (C=O) groups is 3. The fourth-order valence-corrected chi connectivity index (χ4v) is 1.79. The van der Waals surface area contributed by atoms with E-state index in [2.05, 4.69) is 0 Å². The van der Waals surface area contributed by atoms with Gasteiger partial charge < -0.3 is 21.5 Å². The van der Waals surface area contributed by atoms with E-state index >= 15 is 0 Å². The molecule has 0 aliphatic heterocycles. The molecule has 0 aliphatic carbocycles. The normalized spacial score (nSPS) is 13.6. The lowest BCUT2D eigenvalue weighted by Gasteiger charge is -2.27. The maximum absolute atomic E-state index is 12.0. The van der Waals surface area contributed by atoms with Crippen LogP contribution in [0.15, 0.2) is 0 Å². The quantitative estimate of drug-likeness (QED) is 0.504. The lowest BCUT2D eigenvalue weighted by molar-refractivity contribution is -0.150. The van der Waals surface area contributed by atoms with Crippen LogP contribution < -0.4 is 11.5 Å². The van der Waals surface area contributed by atoms with Crippen molar-refractivity contribution in [2.24, 2.45) is 11.5 Å². The van der Waals surface area contributed by atoms with Gasteiger partial charge in [-0.1, -0.05) is 13.8 Å². The Balaban J connectivity index is 4.87. The van der Waals surface area contributed by atoms with Gasteiger partial charge in [0.05, 0.1) is 12.8 Å². The summed E-state index contributed by atoms with van der Waals surface area (Å²) < 4.78 is 0. The predicted molar refractivity (Wildman–Crippen MR) is 69.7 cm³/mol. The molecule has 0 radical (unpaired) electrons. The monoisotopic (exact) mass is 273 g/mol. The Morgan fingerprint density at radius 2 is 1.53 bits per heavy atom. The SMILES string of the molecule is CCCN(CCC)C(=O)CC(O)(CC(N)=O)C(N)=O. The number of nitrogens with zero attached hydrogens (tertiary/aromatic N) is 1. The summed E-state index contributed by atoms with van der Waals surface area (Å²) in [5, 5.41) is 9.99. The fraction of sp³-hybridized carbons (Fsp3) is 0.750. The Kier molecular flexibility index (Phi) is 7.06. The van der Waals surface area contributed by atoms with E-state index in [0.717, 1.165) is 12.8 Å². The standard InChI is InChI=1S/C12H23N3O4/c1-3-5-15(6-4-2)10(17)8-12(19,11(14)18)7-9(13)16/h19H,3-8H2,1-2H3,(H2,13,16)(H2,14,18). The Morgan fingerprint density at radius 1 is 1.05 bits per heavy atom. The van der Waals surface area contributed by atoms with Crippen LogP contribution in [0.25, 0.3) is 0 Å². The Bertz CT molecular complexity index is 340. The summed E-state index contributed by atoms with van der Waals surface area (Å²) in [5.41, 5.74) is 7.80. The van der Waals surface area contributed by atoms with Crippen molar-refractivity contribution < 1.29 is 19.5 Å². The molecule has 19 heavy (non-hydrogen) atoms. The minimum Gasteiger partial charge on any atom is -0.379 e. The third-order valence-electron chi connectivity index (χ3n) is 2.71. The zero-order valence-corrected chi connectivity index (χ0v) is 11.5. The van der Waals surface area contributed by atoms with Crippen molar-refractivity contribution in [3.8, 4) is 0 Å². The first-order chi connectivity index (χ1) is 8.76. The van der Waals surface area contributed by atoms with Crippen LogP contribution in [0.4, 0.5) is 0 Å². The molecule has 0 saturated heterocycles. The summed E-state index contributed by atoms with van der Waals surface area (Å²) in [7, 11) is 0. The number of amides is 3. The van der Waals surface area contributed by atoms with Gasteiger partial charge in [0.1, 0.15) is 0 Å². The largest absolute Gasteiger partial charge is 0.379 e. The summed E-state index contributed by atoms with van der Waals surface area (Å²) in [6.07, 6.45) is 0.346. The van der Waals surface area contributed by atoms with Crippen LogP contribution in [0.2, 0.25) is 0 Å². The molecule has 0 aromatic heterocycles. The zero-order chi connectivity index (χ0) is 15.1. The molecule has 5 N–H and O–H groups in total. The van der Waals surface area contributed by atoms with Gasteiger partial charge in [0.15, 0.2) is 5.60 Å². The average Bonchev–Trinajstić information content (AvgIpc) is 2.27. The molecule has 0 rings (SSSR count). The lowest BCUT2D eigenvalue weighted by Crippen LogP contribution is -2.50. The summed E-state index contributed by atoms with van der Waals surface area (Å²) >= 11 is 0. The van der Waals surface area contributed by atoms with Crippen LogP contribution >= 0.6 is 0 Å². The molecule has 110 valence electrons. The minimum atomic E-state index is -2.21. The third-order valence-corrected chi connectivity index (χ3v) is 2.71. The Hall–Kier alpha value is -1.63. The van der Waals surface area contributed by atoms with E-state index in [9.17, 15) is 19.5 Å². The molecular weight excluding hydrogens is 250 g/mol. The van der Waals surface area contributed by atoms with E-state index in [-0.39, 0.29) is 0 Å². The second-order valence-corrected chi connectivity index (χ2v) is 4.60. The number of hydrogen-bond donors (Lipinski definition) is 3. The van der Waals surface area contributed by atoms with Crippen LogP contribution in [0.1, 0.15) is 39.5 Å². The van der Waals surface area contributed by atoms with E-state index in [1.165, 1.54) is 4.90 Å². The number of carbonyl (C=O) groups excluding carboxylic acids is 3. The van der Waals surface area contributed by atoms with Crippen LogP contribution in [-0.2, 0) is 14.4 Å². The highest BCUT2D eigenvalue weighted by atomic mass is 16.3. The molecule has 0 saturated carbocycles. The lowest BCUT2D eigenvalue weighted by atomic mass is 9.93. The van der Waals surface area contributed by atoms with Crippen LogP contribution in [0.5, 0.6) is 0 Å². The zero-order valence-electron chi connectivity index (χ0n) is 11.5. The summed E-state index contributed by atoms with van der Waals surface area (Å²) in [6, 6.07) is 0. The highest BCUT2D eigenvalue weighted by Gasteiger charge is 2.39. The van der Waals surface area contributed by atoms with Gasteiger partial charge in [0, 0.05) is 13.1 Å². The maximum atomic E-state index is 12.0. The van der Waals surface area contributed by atoms with Crippen molar-refractivity contribution in [3.05, 3.63) is 0 Å². The first kappa shape index (κ1) is 17.4. The van der Waals surface area contributed by atoms with Crippen molar-refractivity contribution in [2.75, 3.05) is 13.1 Å². The molecule has 0 heterocycles. The van der Waals surface area contributed by atoms with E-state index in [1.54, 1.807) is 0 Å². The number of rotatable bonds is 9. The molecule has 7 heteroatoms. The van der Waals surface area contributed by atoms with E-state index in [1.807, 2.05) is 13.8 Å². The Morgan fingerprint density at radius 3 is 1.84 bits per heavy atom. The van der Waals surface area contributed by atoms with Crippen LogP contribution in [0, 0.1) is 0 Å². The molecule has 0 aromatic rings. The molecular formula is C12H23N3O4. The van der Waals surface area contributed by atoms with Crippen LogP contribution in [0.3, 0.4) is 0 Å². The molecule has 0 fully saturated rings. The highest BCUT2D eigenvalue weighted by Crippen LogP contribution is 2.17. The topological polar surface area (TPSA) is 127 Å². The van der Waals surface area contributed by atoms with Gasteiger partial charge in [-0.15, -0.1) is 0 Å². The van der Waals surface area contributed by atoms with Crippen molar-refractivity contribution in [2.45, 2.75) is 45.1 Å². The summed E-state index contributed by atoms with van der Waals surface area (Å²) in [4.78, 5) is 35.6. The van der Waals surface area contributed by atoms with Crippen molar-refractivity contribution in [1.82, 2.24) is 4.90 Å². The molecule has 3 amide bonds. The van der Waals surface area contributed by atoms with Gasteiger partial charge in [-0.2, -0.15) is 0 Å². The number of primary amides is 2. The molecule has 1 atom stereocenters. The van der Waals surface area contributed by atoms with E-state index < -0.39 is 36.2 Å². The molecule has 0 bridgehead atoms. The van der Waals surface area contributed by atoms with Gasteiger partial charge in [0.2, 0.25) is 17.7 Å². The number of nitrogens with two attached hydrogens (primary N) is 2. The number of aliphatic hydroxyl groups is 1. The van der Waals surface area contributed by atoms with E-state index in [4.69, 9.17) is 11.5 Å². The van der Waals surface area contributed by atoms with Crippen molar-refractivity contribution >= 4 is 17.7 Å². The minimum absolute atomic E-state index is 0.411. The van der Waals surface area contributed by atoms with Gasteiger partial charge in [-0.3, -0.25) is 14.4 Å². The first-order valence-electron chi connectivity index (χ1n) is 6.35. The summed E-state index contributed by atoms with van der Waals surface area (Å²) in [5.74, 6) is -2.41. The highest BCUT2D eigenvalue weighted by molar-refractivity contribution is 5.94. The molecule has 0 spiro atoms. The first-order valence-corrected chi connectivity index (χ1v) is 6.35. The molecule has 7 nitrogen and oxygen atoms in total. The molecule has 0 aliphatic rings. The van der Waals surface area contributed by atoms with Crippen molar-refractivity contribution in [1.29, 1.82) is 0 Å². The second kappa shape index (κ2) is 7.73. The molecule has 0 aromatic carbocycles.